The standard InChI is InChI=1S/C22H21N5O3/c1-14(28)27-16-8-6-15(7-9-16)18-20(11-23,12-24)21(13-25)17-5-3-2-4-10-22(17,29-18)30-19(21)26/h6-9,17-18,26H,2-5,10H2,1H3,(H,27,28). The highest BCUT2D eigenvalue weighted by Crippen LogP contribution is 2.68. The highest BCUT2D eigenvalue weighted by atomic mass is 16.7. The van der Waals surface area contributed by atoms with Crippen LogP contribution in [0.1, 0.15) is 50.7 Å². The Labute approximate surface area is 174 Å². The van der Waals surface area contributed by atoms with Crippen LogP contribution in [0, 0.1) is 56.2 Å². The molecule has 3 fully saturated rings. The number of hydrogen-bond acceptors (Lipinski definition) is 7. The van der Waals surface area contributed by atoms with Crippen molar-refractivity contribution < 1.29 is 14.3 Å². The SMILES string of the molecule is CC(=O)Nc1ccc(C2OC34CCCCCC3C(C#N)(C(=N)O4)C2(C#N)C#N)cc1. The Hall–Kier alpha value is -3.41. The Balaban J connectivity index is 1.89. The van der Waals surface area contributed by atoms with E-state index in [2.05, 4.69) is 23.5 Å². The molecule has 152 valence electrons. The minimum absolute atomic E-state index is 0.219. The molecule has 1 amide bonds. The Morgan fingerprint density at radius 2 is 1.83 bits per heavy atom. The van der Waals surface area contributed by atoms with E-state index in [4.69, 9.17) is 14.9 Å². The number of nitriles is 3. The van der Waals surface area contributed by atoms with Crippen LogP contribution in [0.2, 0.25) is 0 Å². The summed E-state index contributed by atoms with van der Waals surface area (Å²) in [5.41, 5.74) is -2.56. The number of nitrogens with zero attached hydrogens (tertiary/aromatic N) is 3. The quantitative estimate of drug-likeness (QED) is 0.773. The summed E-state index contributed by atoms with van der Waals surface area (Å²) in [7, 11) is 0. The molecule has 8 heteroatoms. The lowest BCUT2D eigenvalue weighted by Gasteiger charge is -2.49. The molecule has 0 radical (unpaired) electrons. The Kier molecular flexibility index (Phi) is 4.53. The fraction of sp³-hybridized carbons (Fsp3) is 0.500. The molecule has 2 N–H and O–H groups in total. The van der Waals surface area contributed by atoms with Crippen molar-refractivity contribution in [3.63, 3.8) is 0 Å². The van der Waals surface area contributed by atoms with Gasteiger partial charge in [-0.1, -0.05) is 25.0 Å². The van der Waals surface area contributed by atoms with Gasteiger partial charge in [0.1, 0.15) is 6.10 Å². The third-order valence-electron chi connectivity index (χ3n) is 6.60. The molecule has 2 aliphatic heterocycles. The highest BCUT2D eigenvalue weighted by Gasteiger charge is 2.80. The van der Waals surface area contributed by atoms with Gasteiger partial charge in [-0.3, -0.25) is 10.2 Å². The highest BCUT2D eigenvalue weighted by molar-refractivity contribution is 5.90. The summed E-state index contributed by atoms with van der Waals surface area (Å²) in [6.07, 6.45) is 2.54. The average molecular weight is 403 g/mol. The Bertz CT molecular complexity index is 1020. The van der Waals surface area contributed by atoms with Crippen molar-refractivity contribution in [3.8, 4) is 18.2 Å². The van der Waals surface area contributed by atoms with Crippen LogP contribution in [0.15, 0.2) is 24.3 Å². The zero-order valence-corrected chi connectivity index (χ0v) is 16.6. The number of nitrogens with one attached hydrogen (secondary N) is 2. The third-order valence-corrected chi connectivity index (χ3v) is 6.60. The maximum Gasteiger partial charge on any atom is 0.221 e. The van der Waals surface area contributed by atoms with Gasteiger partial charge in [-0.2, -0.15) is 15.8 Å². The lowest BCUT2D eigenvalue weighted by atomic mass is 9.52. The molecule has 4 atom stereocenters. The molecule has 0 spiro atoms. The first kappa shape index (κ1) is 19.9. The predicted octanol–water partition coefficient (Wildman–Crippen LogP) is 3.54. The molecule has 1 aromatic carbocycles. The van der Waals surface area contributed by atoms with Gasteiger partial charge in [0.25, 0.3) is 0 Å². The van der Waals surface area contributed by atoms with E-state index in [1.807, 2.05) is 0 Å². The summed E-state index contributed by atoms with van der Waals surface area (Å²) >= 11 is 0. The van der Waals surface area contributed by atoms with E-state index in [1.54, 1.807) is 24.3 Å². The number of benzene rings is 1. The van der Waals surface area contributed by atoms with E-state index in [0.717, 1.165) is 19.3 Å². The van der Waals surface area contributed by atoms with Crippen LogP contribution in [0.5, 0.6) is 0 Å². The fourth-order valence-electron chi connectivity index (χ4n) is 5.28. The second kappa shape index (κ2) is 6.83. The third kappa shape index (κ3) is 2.39. The van der Waals surface area contributed by atoms with Crippen molar-refractivity contribution in [2.24, 2.45) is 16.7 Å². The van der Waals surface area contributed by atoms with Crippen molar-refractivity contribution in [2.75, 3.05) is 5.32 Å². The van der Waals surface area contributed by atoms with Crippen molar-refractivity contribution in [3.05, 3.63) is 29.8 Å². The van der Waals surface area contributed by atoms with Crippen molar-refractivity contribution in [1.82, 2.24) is 0 Å². The van der Waals surface area contributed by atoms with Crippen molar-refractivity contribution in [1.29, 1.82) is 21.2 Å². The minimum Gasteiger partial charge on any atom is -0.447 e. The van der Waals surface area contributed by atoms with Crippen LogP contribution in [0.25, 0.3) is 0 Å². The number of amides is 1. The van der Waals surface area contributed by atoms with Crippen LogP contribution >= 0.6 is 0 Å². The first-order chi connectivity index (χ1) is 14.4. The minimum atomic E-state index is -1.94. The smallest absolute Gasteiger partial charge is 0.221 e. The van der Waals surface area contributed by atoms with Crippen LogP contribution < -0.4 is 5.32 Å². The van der Waals surface area contributed by atoms with Crippen molar-refractivity contribution >= 4 is 17.5 Å². The second-order valence-corrected chi connectivity index (χ2v) is 8.15. The zero-order valence-electron chi connectivity index (χ0n) is 16.6. The second-order valence-electron chi connectivity index (χ2n) is 8.15. The summed E-state index contributed by atoms with van der Waals surface area (Å²) in [5, 5.41) is 42.0. The molecular weight excluding hydrogens is 382 g/mol. The van der Waals surface area contributed by atoms with Gasteiger partial charge >= 0.3 is 0 Å². The largest absolute Gasteiger partial charge is 0.447 e. The maximum absolute atomic E-state index is 11.3. The monoisotopic (exact) mass is 403 g/mol. The van der Waals surface area contributed by atoms with Gasteiger partial charge in [-0.05, 0) is 30.5 Å². The molecule has 1 aromatic rings. The molecule has 8 nitrogen and oxygen atoms in total. The number of anilines is 1. The summed E-state index contributed by atoms with van der Waals surface area (Å²) in [6, 6.07) is 13.0. The number of carbonyl (C=O) groups excluding carboxylic acids is 1. The van der Waals surface area contributed by atoms with E-state index < -0.39 is 28.6 Å². The van der Waals surface area contributed by atoms with Gasteiger partial charge < -0.3 is 14.8 Å². The number of carbonyl (C=O) groups is 1. The van der Waals surface area contributed by atoms with E-state index in [1.165, 1.54) is 6.92 Å². The molecule has 4 rings (SSSR count). The van der Waals surface area contributed by atoms with Crippen molar-refractivity contribution in [2.45, 2.75) is 50.9 Å². The average Bonchev–Trinajstić information content (AvgIpc) is 2.85. The molecule has 1 saturated carbocycles. The van der Waals surface area contributed by atoms with Crippen LogP contribution in [0.4, 0.5) is 5.69 Å². The Morgan fingerprint density at radius 1 is 1.13 bits per heavy atom. The van der Waals surface area contributed by atoms with Crippen LogP contribution in [-0.4, -0.2) is 17.6 Å². The van der Waals surface area contributed by atoms with Crippen LogP contribution in [-0.2, 0) is 14.3 Å². The number of hydrogen-bond donors (Lipinski definition) is 2. The molecule has 1 aliphatic carbocycles. The van der Waals surface area contributed by atoms with Crippen LogP contribution in [0.3, 0.4) is 0 Å². The summed E-state index contributed by atoms with van der Waals surface area (Å²) in [6.45, 7) is 1.40. The van der Waals surface area contributed by atoms with E-state index in [-0.39, 0.29) is 11.8 Å². The van der Waals surface area contributed by atoms with Gasteiger partial charge in [-0.25, -0.2) is 0 Å². The molecule has 2 bridgehead atoms. The van der Waals surface area contributed by atoms with E-state index in [9.17, 15) is 20.6 Å². The lowest BCUT2D eigenvalue weighted by molar-refractivity contribution is -0.284. The molecule has 2 saturated heterocycles. The molecule has 30 heavy (non-hydrogen) atoms. The lowest BCUT2D eigenvalue weighted by Crippen LogP contribution is -2.59. The molecule has 2 heterocycles. The number of rotatable bonds is 2. The first-order valence-electron chi connectivity index (χ1n) is 9.96. The van der Waals surface area contributed by atoms with Gasteiger partial charge in [0, 0.05) is 19.0 Å². The predicted molar refractivity (Wildman–Crippen MR) is 104 cm³/mol. The summed E-state index contributed by atoms with van der Waals surface area (Å²) < 4.78 is 12.3. The van der Waals surface area contributed by atoms with Gasteiger partial charge in [0.15, 0.2) is 5.41 Å². The normalized spacial score (nSPS) is 33.6. The number of ether oxygens (including phenoxy) is 2. The van der Waals surface area contributed by atoms with Gasteiger partial charge in [0.05, 0.1) is 24.1 Å². The van der Waals surface area contributed by atoms with E-state index >= 15 is 0 Å². The fourth-order valence-corrected chi connectivity index (χ4v) is 5.28. The first-order valence-corrected chi connectivity index (χ1v) is 9.96. The van der Waals surface area contributed by atoms with Gasteiger partial charge in [-0.15, -0.1) is 0 Å². The van der Waals surface area contributed by atoms with Gasteiger partial charge in [0.2, 0.25) is 23.0 Å². The molecular formula is C22H21N5O3. The molecule has 4 unspecified atom stereocenters. The van der Waals surface area contributed by atoms with E-state index in [0.29, 0.717) is 24.1 Å². The maximum atomic E-state index is 11.3. The zero-order chi connectivity index (χ0) is 21.6. The topological polar surface area (TPSA) is 143 Å². The Morgan fingerprint density at radius 3 is 2.43 bits per heavy atom. The molecule has 3 aliphatic rings. The summed E-state index contributed by atoms with van der Waals surface area (Å²) in [4.78, 5) is 11.3. The summed E-state index contributed by atoms with van der Waals surface area (Å²) in [5.74, 6) is -2.32. The molecule has 0 aromatic heterocycles.